The molecule has 4 nitrogen and oxygen atoms in total. The summed E-state index contributed by atoms with van der Waals surface area (Å²) in [6.07, 6.45) is 0. The maximum Gasteiger partial charge on any atom is 0.252 e. The van der Waals surface area contributed by atoms with Gasteiger partial charge in [0.05, 0.1) is 18.2 Å². The van der Waals surface area contributed by atoms with E-state index >= 15 is 0 Å². The summed E-state index contributed by atoms with van der Waals surface area (Å²) in [7, 11) is 0. The van der Waals surface area contributed by atoms with Crippen molar-refractivity contribution in [1.82, 2.24) is 5.01 Å². The molecule has 0 aromatic heterocycles. The lowest BCUT2D eigenvalue weighted by atomic mass is 10.2. The molecule has 0 aliphatic carbocycles. The summed E-state index contributed by atoms with van der Waals surface area (Å²) in [5.74, 6) is -0.501. The predicted octanol–water partition coefficient (Wildman–Crippen LogP) is 1.43. The highest BCUT2D eigenvalue weighted by Gasteiger charge is 2.37. The van der Waals surface area contributed by atoms with Gasteiger partial charge >= 0.3 is 0 Å². The van der Waals surface area contributed by atoms with Gasteiger partial charge < -0.3 is 0 Å². The smallest absolute Gasteiger partial charge is 0.252 e. The van der Waals surface area contributed by atoms with Crippen molar-refractivity contribution in [2.24, 2.45) is 5.92 Å². The molecule has 1 heterocycles. The van der Waals surface area contributed by atoms with Crippen LogP contribution in [0.25, 0.3) is 0 Å². The van der Waals surface area contributed by atoms with Crippen LogP contribution in [0.1, 0.15) is 13.8 Å². The minimum absolute atomic E-state index is 0.128. The summed E-state index contributed by atoms with van der Waals surface area (Å²) >= 11 is 0. The number of anilines is 1. The highest BCUT2D eigenvalue weighted by Crippen LogP contribution is 2.25. The van der Waals surface area contributed by atoms with Gasteiger partial charge in [0.1, 0.15) is 0 Å². The van der Waals surface area contributed by atoms with E-state index in [0.717, 1.165) is 5.69 Å². The van der Waals surface area contributed by atoms with Gasteiger partial charge in [-0.25, -0.2) is 0 Å². The van der Waals surface area contributed by atoms with Crippen LogP contribution in [0, 0.1) is 5.92 Å². The van der Waals surface area contributed by atoms with Crippen molar-refractivity contribution in [3.63, 3.8) is 0 Å². The number of nitrogens with zero attached hydrogens (tertiary/aromatic N) is 2. The van der Waals surface area contributed by atoms with Crippen molar-refractivity contribution in [1.29, 1.82) is 0 Å². The number of benzene rings is 1. The molecule has 0 unspecified atom stereocenters. The van der Waals surface area contributed by atoms with E-state index in [1.54, 1.807) is 5.01 Å². The average molecular weight is 218 g/mol. The van der Waals surface area contributed by atoms with Gasteiger partial charge in [0.15, 0.2) is 0 Å². The number of carbonyl (C=O) groups is 2. The molecule has 0 bridgehead atoms. The minimum atomic E-state index is -0.238. The van der Waals surface area contributed by atoms with Crippen LogP contribution in [0.2, 0.25) is 0 Å². The Balaban J connectivity index is 2.34. The SMILES string of the molecule is CC(=O)N1C(=O)[C@H](C)CN1c1ccccc1. The van der Waals surface area contributed by atoms with Crippen molar-refractivity contribution in [2.45, 2.75) is 13.8 Å². The van der Waals surface area contributed by atoms with Crippen LogP contribution in [0.3, 0.4) is 0 Å². The van der Waals surface area contributed by atoms with Gasteiger partial charge in [-0.1, -0.05) is 25.1 Å². The molecule has 4 heteroatoms. The van der Waals surface area contributed by atoms with Crippen molar-refractivity contribution >= 4 is 17.5 Å². The second kappa shape index (κ2) is 3.96. The second-order valence-corrected chi connectivity index (χ2v) is 3.99. The zero-order valence-electron chi connectivity index (χ0n) is 9.38. The first-order valence-corrected chi connectivity index (χ1v) is 5.28. The van der Waals surface area contributed by atoms with Crippen molar-refractivity contribution in [3.05, 3.63) is 30.3 Å². The molecule has 1 atom stereocenters. The van der Waals surface area contributed by atoms with E-state index in [0.29, 0.717) is 6.54 Å². The maximum atomic E-state index is 11.8. The van der Waals surface area contributed by atoms with E-state index < -0.39 is 0 Å². The topological polar surface area (TPSA) is 40.6 Å². The molecule has 1 saturated heterocycles. The predicted molar refractivity (Wildman–Crippen MR) is 60.5 cm³/mol. The zero-order chi connectivity index (χ0) is 11.7. The highest BCUT2D eigenvalue weighted by molar-refractivity contribution is 5.99. The first kappa shape index (κ1) is 10.7. The van der Waals surface area contributed by atoms with Crippen LogP contribution < -0.4 is 5.01 Å². The Kier molecular flexibility index (Phi) is 2.64. The van der Waals surface area contributed by atoms with E-state index in [4.69, 9.17) is 0 Å². The molecule has 1 aliphatic rings. The fourth-order valence-corrected chi connectivity index (χ4v) is 1.89. The van der Waals surface area contributed by atoms with Crippen molar-refractivity contribution in [2.75, 3.05) is 11.6 Å². The van der Waals surface area contributed by atoms with E-state index in [2.05, 4.69) is 0 Å². The van der Waals surface area contributed by atoms with E-state index in [1.165, 1.54) is 11.9 Å². The minimum Gasteiger partial charge on any atom is -0.275 e. The Morgan fingerprint density at radius 1 is 1.31 bits per heavy atom. The van der Waals surface area contributed by atoms with Gasteiger partial charge in [-0.3, -0.25) is 14.6 Å². The number of hydrogen-bond acceptors (Lipinski definition) is 3. The first-order valence-electron chi connectivity index (χ1n) is 5.28. The van der Waals surface area contributed by atoms with E-state index in [9.17, 15) is 9.59 Å². The standard InChI is InChI=1S/C12H14N2O2/c1-9-8-13(11-6-4-3-5-7-11)14(10(2)15)12(9)16/h3-7,9H,8H2,1-2H3/t9-/m1/s1. The van der Waals surface area contributed by atoms with Gasteiger partial charge in [-0.15, -0.1) is 0 Å². The Bertz CT molecular complexity index is 416. The van der Waals surface area contributed by atoms with Gasteiger partial charge in [-0.2, -0.15) is 5.01 Å². The number of hydrazine groups is 1. The fourth-order valence-electron chi connectivity index (χ4n) is 1.89. The van der Waals surface area contributed by atoms with Gasteiger partial charge in [-0.05, 0) is 12.1 Å². The third-order valence-corrected chi connectivity index (χ3v) is 2.67. The second-order valence-electron chi connectivity index (χ2n) is 3.99. The molecule has 16 heavy (non-hydrogen) atoms. The Morgan fingerprint density at radius 3 is 2.50 bits per heavy atom. The molecule has 2 amide bonds. The van der Waals surface area contributed by atoms with Crippen LogP contribution >= 0.6 is 0 Å². The molecule has 0 N–H and O–H groups in total. The van der Waals surface area contributed by atoms with Crippen LogP contribution in [-0.4, -0.2) is 23.4 Å². The summed E-state index contributed by atoms with van der Waals surface area (Å²) in [5.41, 5.74) is 0.871. The normalized spacial score (nSPS) is 20.4. The summed E-state index contributed by atoms with van der Waals surface area (Å²) in [4.78, 5) is 23.2. The quantitative estimate of drug-likeness (QED) is 0.716. The molecule has 0 spiro atoms. The molecule has 84 valence electrons. The monoisotopic (exact) mass is 218 g/mol. The molecule has 1 aliphatic heterocycles. The van der Waals surface area contributed by atoms with Crippen LogP contribution in [0.5, 0.6) is 0 Å². The lowest BCUT2D eigenvalue weighted by Crippen LogP contribution is -2.42. The number of para-hydroxylation sites is 1. The molecule has 2 rings (SSSR count). The third-order valence-electron chi connectivity index (χ3n) is 2.67. The van der Waals surface area contributed by atoms with E-state index in [-0.39, 0.29) is 17.7 Å². The average Bonchev–Trinajstić information content (AvgIpc) is 2.57. The fraction of sp³-hybridized carbons (Fsp3) is 0.333. The Hall–Kier alpha value is -1.84. The lowest BCUT2D eigenvalue weighted by Gasteiger charge is -2.26. The molecule has 0 saturated carbocycles. The highest BCUT2D eigenvalue weighted by atomic mass is 16.2. The largest absolute Gasteiger partial charge is 0.275 e. The van der Waals surface area contributed by atoms with Crippen LogP contribution in [0.4, 0.5) is 5.69 Å². The molecule has 1 aromatic rings. The Morgan fingerprint density at radius 2 is 1.94 bits per heavy atom. The number of imide groups is 1. The third kappa shape index (κ3) is 1.66. The van der Waals surface area contributed by atoms with Gasteiger partial charge in [0, 0.05) is 6.92 Å². The Labute approximate surface area is 94.4 Å². The van der Waals surface area contributed by atoms with Crippen molar-refractivity contribution < 1.29 is 9.59 Å². The maximum absolute atomic E-state index is 11.8. The number of rotatable bonds is 1. The molecule has 0 radical (unpaired) electrons. The van der Waals surface area contributed by atoms with Crippen molar-refractivity contribution in [3.8, 4) is 0 Å². The van der Waals surface area contributed by atoms with Gasteiger partial charge in [0.2, 0.25) is 5.91 Å². The molecule has 1 fully saturated rings. The number of carbonyl (C=O) groups excluding carboxylic acids is 2. The summed E-state index contributed by atoms with van der Waals surface area (Å²) in [6, 6.07) is 9.47. The zero-order valence-corrected chi connectivity index (χ0v) is 9.38. The lowest BCUT2D eigenvalue weighted by molar-refractivity contribution is -0.142. The molecular formula is C12H14N2O2. The summed E-state index contributed by atoms with van der Waals surface area (Å²) in [6.45, 7) is 3.80. The summed E-state index contributed by atoms with van der Waals surface area (Å²) in [5, 5.41) is 2.95. The number of amides is 2. The van der Waals surface area contributed by atoms with Crippen LogP contribution in [-0.2, 0) is 9.59 Å². The van der Waals surface area contributed by atoms with E-state index in [1.807, 2.05) is 37.3 Å². The molecule has 1 aromatic carbocycles. The first-order chi connectivity index (χ1) is 7.61. The summed E-state index contributed by atoms with van der Waals surface area (Å²) < 4.78 is 0. The van der Waals surface area contributed by atoms with Crippen LogP contribution in [0.15, 0.2) is 30.3 Å². The van der Waals surface area contributed by atoms with Gasteiger partial charge in [0.25, 0.3) is 5.91 Å². The molecular weight excluding hydrogens is 204 g/mol. The number of hydrogen-bond donors (Lipinski definition) is 0.